The first kappa shape index (κ1) is 17.1. The molecule has 3 rings (SSSR count). The van der Waals surface area contributed by atoms with Crippen LogP contribution in [-0.2, 0) is 6.42 Å². The Bertz CT molecular complexity index is 660. The summed E-state index contributed by atoms with van der Waals surface area (Å²) >= 11 is 1.73. The molecule has 0 radical (unpaired) electrons. The van der Waals surface area contributed by atoms with Crippen molar-refractivity contribution in [1.29, 1.82) is 0 Å². The largest absolute Gasteiger partial charge is 0.394 e. The molecule has 3 heterocycles. The normalized spacial score (nSPS) is 17.7. The Morgan fingerprint density at radius 2 is 2.29 bits per heavy atom. The van der Waals surface area contributed by atoms with Crippen molar-refractivity contribution in [2.75, 3.05) is 29.9 Å². The van der Waals surface area contributed by atoms with Crippen molar-refractivity contribution in [2.45, 2.75) is 45.1 Å². The maximum atomic E-state index is 9.47. The van der Waals surface area contributed by atoms with Crippen molar-refractivity contribution < 1.29 is 5.11 Å². The minimum Gasteiger partial charge on any atom is -0.394 e. The SMILES string of the molecule is CC(C)c1nc(CCNc2cc(N3CCC[C@@H]3CO)ncn2)cs1. The van der Waals surface area contributed by atoms with Crippen molar-refractivity contribution in [1.82, 2.24) is 15.0 Å². The first-order valence-corrected chi connectivity index (χ1v) is 9.43. The maximum Gasteiger partial charge on any atom is 0.134 e. The molecule has 6 nitrogen and oxygen atoms in total. The second-order valence-electron chi connectivity index (χ2n) is 6.44. The lowest BCUT2D eigenvalue weighted by Gasteiger charge is -2.24. The van der Waals surface area contributed by atoms with E-state index in [9.17, 15) is 5.11 Å². The Hall–Kier alpha value is -1.73. The van der Waals surface area contributed by atoms with Crippen LogP contribution in [0.2, 0.25) is 0 Å². The van der Waals surface area contributed by atoms with Gasteiger partial charge in [-0.1, -0.05) is 13.8 Å². The number of hydrogen-bond donors (Lipinski definition) is 2. The summed E-state index contributed by atoms with van der Waals surface area (Å²) in [7, 11) is 0. The zero-order valence-corrected chi connectivity index (χ0v) is 15.1. The Kier molecular flexibility index (Phi) is 5.63. The summed E-state index contributed by atoms with van der Waals surface area (Å²) in [6.45, 7) is 6.25. The average Bonchev–Trinajstić information content (AvgIpc) is 3.24. The summed E-state index contributed by atoms with van der Waals surface area (Å²) in [6, 6.07) is 2.14. The van der Waals surface area contributed by atoms with Crippen LogP contribution < -0.4 is 10.2 Å². The van der Waals surface area contributed by atoms with E-state index in [2.05, 4.69) is 44.4 Å². The number of aromatic nitrogens is 3. The molecule has 0 saturated carbocycles. The molecule has 1 atom stereocenters. The topological polar surface area (TPSA) is 74.2 Å². The second kappa shape index (κ2) is 7.90. The Morgan fingerprint density at radius 3 is 3.04 bits per heavy atom. The van der Waals surface area contributed by atoms with E-state index in [4.69, 9.17) is 0 Å². The van der Waals surface area contributed by atoms with Crippen molar-refractivity contribution >= 4 is 23.0 Å². The third-order valence-electron chi connectivity index (χ3n) is 4.29. The van der Waals surface area contributed by atoms with E-state index in [1.54, 1.807) is 17.7 Å². The quantitative estimate of drug-likeness (QED) is 0.802. The number of nitrogens with one attached hydrogen (secondary N) is 1. The number of hydrogen-bond acceptors (Lipinski definition) is 7. The molecular weight excluding hydrogens is 322 g/mol. The van der Waals surface area contributed by atoms with Gasteiger partial charge < -0.3 is 15.3 Å². The minimum absolute atomic E-state index is 0.175. The van der Waals surface area contributed by atoms with Crippen LogP contribution >= 0.6 is 11.3 Å². The van der Waals surface area contributed by atoms with Gasteiger partial charge in [-0.15, -0.1) is 11.3 Å². The van der Waals surface area contributed by atoms with Gasteiger partial charge >= 0.3 is 0 Å². The summed E-state index contributed by atoms with van der Waals surface area (Å²) in [6.07, 6.45) is 4.58. The highest BCUT2D eigenvalue weighted by molar-refractivity contribution is 7.09. The van der Waals surface area contributed by atoms with Crippen LogP contribution in [0.1, 0.15) is 43.3 Å². The predicted octanol–water partition coefficient (Wildman–Crippen LogP) is 2.67. The minimum atomic E-state index is 0.175. The molecule has 0 amide bonds. The van der Waals surface area contributed by atoms with Crippen molar-refractivity contribution in [2.24, 2.45) is 0 Å². The lowest BCUT2D eigenvalue weighted by Crippen LogP contribution is -2.32. The summed E-state index contributed by atoms with van der Waals surface area (Å²) in [5.74, 6) is 2.20. The van der Waals surface area contributed by atoms with E-state index in [0.717, 1.165) is 49.7 Å². The lowest BCUT2D eigenvalue weighted by molar-refractivity contribution is 0.266. The molecule has 24 heavy (non-hydrogen) atoms. The van der Waals surface area contributed by atoms with Crippen LogP contribution in [-0.4, -0.2) is 45.8 Å². The monoisotopic (exact) mass is 347 g/mol. The van der Waals surface area contributed by atoms with Gasteiger partial charge in [0.05, 0.1) is 23.4 Å². The first-order valence-electron chi connectivity index (χ1n) is 8.55. The standard InChI is InChI=1S/C17H25N5OS/c1-12(2)17-21-13(10-24-17)5-6-18-15-8-16(20-11-19-15)22-7-3-4-14(22)9-23/h8,10-12,14,23H,3-7,9H2,1-2H3,(H,18,19,20)/t14-/m1/s1. The molecule has 130 valence electrons. The van der Waals surface area contributed by atoms with Gasteiger partial charge in [-0.05, 0) is 12.8 Å². The number of rotatable bonds is 7. The molecule has 0 unspecified atom stereocenters. The first-order chi connectivity index (χ1) is 11.7. The molecule has 7 heteroatoms. The fraction of sp³-hybridized carbons (Fsp3) is 0.588. The summed E-state index contributed by atoms with van der Waals surface area (Å²) < 4.78 is 0. The van der Waals surface area contributed by atoms with Crippen molar-refractivity contribution in [3.05, 3.63) is 28.5 Å². The van der Waals surface area contributed by atoms with Gasteiger partial charge in [-0.25, -0.2) is 15.0 Å². The summed E-state index contributed by atoms with van der Waals surface area (Å²) in [5, 5.41) is 16.2. The summed E-state index contributed by atoms with van der Waals surface area (Å²) in [4.78, 5) is 15.5. The van der Waals surface area contributed by atoms with Gasteiger partial charge in [0, 0.05) is 36.9 Å². The number of anilines is 2. The zero-order chi connectivity index (χ0) is 16.9. The van der Waals surface area contributed by atoms with E-state index < -0.39 is 0 Å². The van der Waals surface area contributed by atoms with Gasteiger partial charge in [-0.3, -0.25) is 0 Å². The molecule has 2 N–H and O–H groups in total. The van der Waals surface area contributed by atoms with Gasteiger partial charge in [0.25, 0.3) is 0 Å². The smallest absolute Gasteiger partial charge is 0.134 e. The van der Waals surface area contributed by atoms with Crippen molar-refractivity contribution in [3.8, 4) is 0 Å². The number of nitrogens with zero attached hydrogens (tertiary/aromatic N) is 4. The van der Waals surface area contributed by atoms with E-state index in [-0.39, 0.29) is 12.6 Å². The fourth-order valence-corrected chi connectivity index (χ4v) is 3.82. The van der Waals surface area contributed by atoms with Crippen LogP contribution in [0.25, 0.3) is 0 Å². The third-order valence-corrected chi connectivity index (χ3v) is 5.48. The third kappa shape index (κ3) is 4.02. The number of aliphatic hydroxyl groups excluding tert-OH is 1. The molecule has 0 spiro atoms. The predicted molar refractivity (Wildman–Crippen MR) is 97.9 cm³/mol. The van der Waals surface area contributed by atoms with E-state index in [1.165, 1.54) is 5.01 Å². The number of thiazole rings is 1. The van der Waals surface area contributed by atoms with E-state index >= 15 is 0 Å². The van der Waals surface area contributed by atoms with E-state index in [0.29, 0.717) is 5.92 Å². The van der Waals surface area contributed by atoms with Crippen molar-refractivity contribution in [3.63, 3.8) is 0 Å². The van der Waals surface area contributed by atoms with Crippen LogP contribution in [0.4, 0.5) is 11.6 Å². The maximum absolute atomic E-state index is 9.47. The van der Waals surface area contributed by atoms with Crippen LogP contribution in [0.5, 0.6) is 0 Å². The molecular formula is C17H25N5OS. The number of aliphatic hydroxyl groups is 1. The van der Waals surface area contributed by atoms with Gasteiger partial charge in [0.1, 0.15) is 18.0 Å². The van der Waals surface area contributed by atoms with Gasteiger partial charge in [0.2, 0.25) is 0 Å². The Morgan fingerprint density at radius 1 is 1.42 bits per heavy atom. The average molecular weight is 347 g/mol. The Labute approximate surface area is 147 Å². The van der Waals surface area contributed by atoms with E-state index in [1.807, 2.05) is 6.07 Å². The van der Waals surface area contributed by atoms with Crippen LogP contribution in [0.3, 0.4) is 0 Å². The highest BCUT2D eigenvalue weighted by atomic mass is 32.1. The molecule has 2 aromatic heterocycles. The molecule has 1 fully saturated rings. The van der Waals surface area contributed by atoms with Gasteiger partial charge in [0.15, 0.2) is 0 Å². The van der Waals surface area contributed by atoms with Crippen LogP contribution in [0, 0.1) is 0 Å². The molecule has 0 aromatic carbocycles. The molecule has 2 aromatic rings. The highest BCUT2D eigenvalue weighted by Crippen LogP contribution is 2.24. The zero-order valence-electron chi connectivity index (χ0n) is 14.3. The second-order valence-corrected chi connectivity index (χ2v) is 7.33. The van der Waals surface area contributed by atoms with Crippen LogP contribution in [0.15, 0.2) is 17.8 Å². The molecule has 0 aliphatic carbocycles. The molecule has 1 aliphatic heterocycles. The summed E-state index contributed by atoms with van der Waals surface area (Å²) in [5.41, 5.74) is 1.13. The molecule has 1 aliphatic rings. The van der Waals surface area contributed by atoms with Gasteiger partial charge in [-0.2, -0.15) is 0 Å². The lowest BCUT2D eigenvalue weighted by atomic mass is 10.2. The highest BCUT2D eigenvalue weighted by Gasteiger charge is 2.25. The molecule has 0 bridgehead atoms. The fourth-order valence-electron chi connectivity index (χ4n) is 2.95. The molecule has 1 saturated heterocycles. The Balaban J connectivity index is 1.56.